The van der Waals surface area contributed by atoms with Gasteiger partial charge in [-0.15, -0.1) is 0 Å². The van der Waals surface area contributed by atoms with Gasteiger partial charge in [0, 0.05) is 22.3 Å². The van der Waals surface area contributed by atoms with Crippen molar-refractivity contribution in [3.05, 3.63) is 81.6 Å². The highest BCUT2D eigenvalue weighted by Gasteiger charge is 2.09. The Kier molecular flexibility index (Phi) is 4.95. The van der Waals surface area contributed by atoms with Gasteiger partial charge in [0.25, 0.3) is 5.56 Å². The van der Waals surface area contributed by atoms with Gasteiger partial charge in [-0.3, -0.25) is 9.59 Å². The molecule has 6 heteroatoms. The smallest absolute Gasteiger partial charge is 0.267 e. The summed E-state index contributed by atoms with van der Waals surface area (Å²) in [6, 6.07) is 17.6. The molecule has 0 bridgehead atoms. The highest BCUT2D eigenvalue weighted by atomic mass is 35.5. The van der Waals surface area contributed by atoms with Gasteiger partial charge in [0.2, 0.25) is 5.91 Å². The van der Waals surface area contributed by atoms with Gasteiger partial charge < -0.3 is 5.32 Å². The second-order valence-electron chi connectivity index (χ2n) is 5.59. The van der Waals surface area contributed by atoms with Gasteiger partial charge in [-0.2, -0.15) is 5.10 Å². The first-order valence-corrected chi connectivity index (χ1v) is 8.10. The summed E-state index contributed by atoms with van der Waals surface area (Å²) in [5.74, 6) is -0.348. The predicted octanol–water partition coefficient (Wildman–Crippen LogP) is 3.51. The predicted molar refractivity (Wildman–Crippen MR) is 98.8 cm³/mol. The summed E-state index contributed by atoms with van der Waals surface area (Å²) in [6.45, 7) is 1.80. The van der Waals surface area contributed by atoms with E-state index in [0.717, 1.165) is 15.8 Å². The standard InChI is InChI=1S/C19H16ClN3O2/c1-13-5-2-3-8-16(13)17-9-10-19(25)23(22-17)12-18(24)21-15-7-4-6-14(20)11-15/h2-11H,12H2,1H3,(H,21,24). The molecule has 25 heavy (non-hydrogen) atoms. The Hall–Kier alpha value is -2.92. The van der Waals surface area contributed by atoms with Crippen LogP contribution in [0, 0.1) is 6.92 Å². The number of aryl methyl sites for hydroxylation is 1. The van der Waals surface area contributed by atoms with Crippen LogP contribution in [-0.4, -0.2) is 15.7 Å². The number of benzene rings is 2. The molecule has 1 amide bonds. The lowest BCUT2D eigenvalue weighted by molar-refractivity contribution is -0.117. The van der Waals surface area contributed by atoms with Crippen molar-refractivity contribution in [2.45, 2.75) is 13.5 Å². The Morgan fingerprint density at radius 1 is 1.12 bits per heavy atom. The van der Waals surface area contributed by atoms with Crippen LogP contribution in [0.4, 0.5) is 5.69 Å². The molecule has 1 heterocycles. The largest absolute Gasteiger partial charge is 0.324 e. The van der Waals surface area contributed by atoms with Crippen molar-refractivity contribution in [2.75, 3.05) is 5.32 Å². The number of anilines is 1. The molecule has 126 valence electrons. The number of nitrogens with one attached hydrogen (secondary N) is 1. The van der Waals surface area contributed by atoms with Crippen LogP contribution in [0.1, 0.15) is 5.56 Å². The summed E-state index contributed by atoms with van der Waals surface area (Å²) >= 11 is 5.90. The quantitative estimate of drug-likeness (QED) is 0.780. The lowest BCUT2D eigenvalue weighted by atomic mass is 10.1. The third kappa shape index (κ3) is 4.14. The van der Waals surface area contributed by atoms with Crippen LogP contribution in [0.15, 0.2) is 65.5 Å². The summed E-state index contributed by atoms with van der Waals surface area (Å²) in [5.41, 5.74) is 2.85. The molecule has 0 saturated carbocycles. The summed E-state index contributed by atoms with van der Waals surface area (Å²) in [4.78, 5) is 24.2. The number of aromatic nitrogens is 2. The highest BCUT2D eigenvalue weighted by Crippen LogP contribution is 2.19. The van der Waals surface area contributed by atoms with E-state index in [1.165, 1.54) is 6.07 Å². The van der Waals surface area contributed by atoms with Crippen LogP contribution in [-0.2, 0) is 11.3 Å². The van der Waals surface area contributed by atoms with Crippen LogP contribution in [0.25, 0.3) is 11.3 Å². The van der Waals surface area contributed by atoms with Gasteiger partial charge >= 0.3 is 0 Å². The van der Waals surface area contributed by atoms with Gasteiger partial charge in [-0.25, -0.2) is 4.68 Å². The molecule has 0 fully saturated rings. The Balaban J connectivity index is 1.83. The lowest BCUT2D eigenvalue weighted by Crippen LogP contribution is -2.29. The summed E-state index contributed by atoms with van der Waals surface area (Å²) < 4.78 is 1.15. The first-order valence-electron chi connectivity index (χ1n) is 7.72. The van der Waals surface area contributed by atoms with Crippen LogP contribution >= 0.6 is 11.6 Å². The Morgan fingerprint density at radius 2 is 1.92 bits per heavy atom. The summed E-state index contributed by atoms with van der Waals surface area (Å²) in [6.07, 6.45) is 0. The molecule has 2 aromatic carbocycles. The van der Waals surface area contributed by atoms with Crippen molar-refractivity contribution in [1.82, 2.24) is 9.78 Å². The van der Waals surface area contributed by atoms with Crippen molar-refractivity contribution in [3.8, 4) is 11.3 Å². The fraction of sp³-hybridized carbons (Fsp3) is 0.105. The molecule has 0 radical (unpaired) electrons. The zero-order chi connectivity index (χ0) is 17.8. The first-order chi connectivity index (χ1) is 12.0. The fourth-order valence-electron chi connectivity index (χ4n) is 2.47. The number of carbonyl (C=O) groups excluding carboxylic acids is 1. The third-order valence-electron chi connectivity index (χ3n) is 3.69. The number of hydrogen-bond donors (Lipinski definition) is 1. The minimum atomic E-state index is -0.348. The van der Waals surface area contributed by atoms with E-state index in [-0.39, 0.29) is 18.0 Å². The van der Waals surface area contributed by atoms with Crippen molar-refractivity contribution in [2.24, 2.45) is 0 Å². The molecule has 0 unspecified atom stereocenters. The Morgan fingerprint density at radius 3 is 2.68 bits per heavy atom. The molecular formula is C19H16ClN3O2. The SMILES string of the molecule is Cc1ccccc1-c1ccc(=O)n(CC(=O)Nc2cccc(Cl)c2)n1. The maximum Gasteiger partial charge on any atom is 0.267 e. The number of rotatable bonds is 4. The van der Waals surface area contributed by atoms with E-state index in [0.29, 0.717) is 16.4 Å². The van der Waals surface area contributed by atoms with Gasteiger partial charge in [0.15, 0.2) is 0 Å². The number of carbonyl (C=O) groups is 1. The number of nitrogens with zero attached hydrogens (tertiary/aromatic N) is 2. The van der Waals surface area contributed by atoms with Crippen LogP contribution < -0.4 is 10.9 Å². The molecule has 0 aliphatic carbocycles. The number of hydrogen-bond acceptors (Lipinski definition) is 3. The van der Waals surface area contributed by atoms with E-state index in [9.17, 15) is 9.59 Å². The minimum Gasteiger partial charge on any atom is -0.324 e. The van der Waals surface area contributed by atoms with Gasteiger partial charge in [-0.1, -0.05) is 41.9 Å². The van der Waals surface area contributed by atoms with Crippen molar-refractivity contribution in [3.63, 3.8) is 0 Å². The van der Waals surface area contributed by atoms with E-state index < -0.39 is 0 Å². The van der Waals surface area contributed by atoms with Crippen LogP contribution in [0.2, 0.25) is 5.02 Å². The summed E-state index contributed by atoms with van der Waals surface area (Å²) in [7, 11) is 0. The maximum atomic E-state index is 12.2. The Labute approximate surface area is 149 Å². The molecule has 1 N–H and O–H groups in total. The molecule has 0 spiro atoms. The Bertz CT molecular complexity index is 982. The molecule has 3 rings (SSSR count). The van der Waals surface area contributed by atoms with Gasteiger partial charge in [0.1, 0.15) is 6.54 Å². The maximum absolute atomic E-state index is 12.2. The molecule has 0 saturated heterocycles. The van der Waals surface area contributed by atoms with Crippen molar-refractivity contribution >= 4 is 23.2 Å². The average Bonchev–Trinajstić information content (AvgIpc) is 2.57. The van der Waals surface area contributed by atoms with E-state index in [1.54, 1.807) is 30.3 Å². The molecule has 0 atom stereocenters. The van der Waals surface area contributed by atoms with Crippen LogP contribution in [0.5, 0.6) is 0 Å². The zero-order valence-corrected chi connectivity index (χ0v) is 14.3. The molecule has 5 nitrogen and oxygen atoms in total. The monoisotopic (exact) mass is 353 g/mol. The second-order valence-corrected chi connectivity index (χ2v) is 6.02. The van der Waals surface area contributed by atoms with E-state index in [2.05, 4.69) is 10.4 Å². The number of amides is 1. The molecular weight excluding hydrogens is 338 g/mol. The lowest BCUT2D eigenvalue weighted by Gasteiger charge is -2.09. The zero-order valence-electron chi connectivity index (χ0n) is 13.6. The number of halogens is 1. The third-order valence-corrected chi connectivity index (χ3v) is 3.92. The topological polar surface area (TPSA) is 64.0 Å². The van der Waals surface area contributed by atoms with Gasteiger partial charge in [-0.05, 0) is 36.8 Å². The van der Waals surface area contributed by atoms with Gasteiger partial charge in [0.05, 0.1) is 5.69 Å². The fourth-order valence-corrected chi connectivity index (χ4v) is 2.66. The normalized spacial score (nSPS) is 10.5. The molecule has 3 aromatic rings. The second kappa shape index (κ2) is 7.32. The van der Waals surface area contributed by atoms with E-state index in [1.807, 2.05) is 31.2 Å². The van der Waals surface area contributed by atoms with Crippen molar-refractivity contribution < 1.29 is 4.79 Å². The minimum absolute atomic E-state index is 0.176. The molecule has 0 aliphatic heterocycles. The average molecular weight is 354 g/mol. The molecule has 0 aliphatic rings. The van der Waals surface area contributed by atoms with E-state index in [4.69, 9.17) is 11.6 Å². The summed E-state index contributed by atoms with van der Waals surface area (Å²) in [5, 5.41) is 7.55. The molecule has 1 aromatic heterocycles. The van der Waals surface area contributed by atoms with Crippen molar-refractivity contribution in [1.29, 1.82) is 0 Å². The van der Waals surface area contributed by atoms with Crippen LogP contribution in [0.3, 0.4) is 0 Å². The van der Waals surface area contributed by atoms with E-state index >= 15 is 0 Å². The highest BCUT2D eigenvalue weighted by molar-refractivity contribution is 6.30. The first kappa shape index (κ1) is 16.9.